The molecule has 5 nitrogen and oxygen atoms in total. The van der Waals surface area contributed by atoms with Crippen molar-refractivity contribution in [3.05, 3.63) is 23.8 Å². The van der Waals surface area contributed by atoms with Gasteiger partial charge in [-0.2, -0.15) is 4.31 Å². The summed E-state index contributed by atoms with van der Waals surface area (Å²) in [5.74, 6) is 0. The van der Waals surface area contributed by atoms with E-state index in [9.17, 15) is 13.5 Å². The molecule has 0 radical (unpaired) electrons. The molecular formula is C14H24N2O3S. The van der Waals surface area contributed by atoms with Crippen LogP contribution in [0, 0.1) is 6.92 Å². The van der Waals surface area contributed by atoms with E-state index in [0.717, 1.165) is 11.3 Å². The highest BCUT2D eigenvalue weighted by molar-refractivity contribution is 7.89. The molecular weight excluding hydrogens is 276 g/mol. The molecule has 0 unspecified atom stereocenters. The summed E-state index contributed by atoms with van der Waals surface area (Å²) in [6.07, 6.45) is 0. The number of anilines is 1. The van der Waals surface area contributed by atoms with Crippen LogP contribution in [0.25, 0.3) is 0 Å². The lowest BCUT2D eigenvalue weighted by Gasteiger charge is -2.25. The summed E-state index contributed by atoms with van der Waals surface area (Å²) in [5, 5.41) is 9.77. The van der Waals surface area contributed by atoms with E-state index >= 15 is 0 Å². The number of nitrogens with zero attached hydrogens (tertiary/aromatic N) is 2. The van der Waals surface area contributed by atoms with E-state index in [-0.39, 0.29) is 11.4 Å². The van der Waals surface area contributed by atoms with Gasteiger partial charge < -0.3 is 10.0 Å². The Balaban J connectivity index is 3.19. The zero-order valence-electron chi connectivity index (χ0n) is 13.0. The van der Waals surface area contributed by atoms with Gasteiger partial charge in [0.25, 0.3) is 0 Å². The Hall–Kier alpha value is -1.11. The SMILES string of the molecule is Cc1ccc(S(=O)(=O)N(C)CC(C)(C)O)cc1N(C)C. The first-order valence-electron chi connectivity index (χ1n) is 6.42. The predicted octanol–water partition coefficient (Wildman–Crippen LogP) is 1.45. The fraction of sp³-hybridized carbons (Fsp3) is 0.571. The molecule has 0 aromatic heterocycles. The van der Waals surface area contributed by atoms with Crippen LogP contribution in [0.3, 0.4) is 0 Å². The second kappa shape index (κ2) is 5.71. The van der Waals surface area contributed by atoms with E-state index in [1.165, 1.54) is 11.4 Å². The van der Waals surface area contributed by atoms with Crippen LogP contribution < -0.4 is 4.90 Å². The molecule has 0 fully saturated rings. The zero-order chi connectivity index (χ0) is 15.7. The average Bonchev–Trinajstić information content (AvgIpc) is 2.26. The molecule has 6 heteroatoms. The van der Waals surface area contributed by atoms with Crippen LogP contribution in [0.4, 0.5) is 5.69 Å². The van der Waals surface area contributed by atoms with Crippen molar-refractivity contribution in [1.29, 1.82) is 0 Å². The topological polar surface area (TPSA) is 60.9 Å². The van der Waals surface area contributed by atoms with Gasteiger partial charge in [0.2, 0.25) is 10.0 Å². The first kappa shape index (κ1) is 16.9. The average molecular weight is 300 g/mol. The van der Waals surface area contributed by atoms with Gasteiger partial charge in [-0.3, -0.25) is 0 Å². The number of hydrogen-bond acceptors (Lipinski definition) is 4. The summed E-state index contributed by atoms with van der Waals surface area (Å²) in [4.78, 5) is 2.11. The molecule has 0 heterocycles. The van der Waals surface area contributed by atoms with Gasteiger partial charge in [-0.25, -0.2) is 8.42 Å². The Morgan fingerprint density at radius 2 is 1.75 bits per heavy atom. The summed E-state index contributed by atoms with van der Waals surface area (Å²) >= 11 is 0. The summed E-state index contributed by atoms with van der Waals surface area (Å²) in [6.45, 7) is 5.14. The molecule has 0 aliphatic heterocycles. The molecule has 0 aliphatic carbocycles. The van der Waals surface area contributed by atoms with Crippen LogP contribution in [-0.4, -0.2) is 51.1 Å². The first-order chi connectivity index (χ1) is 8.95. The van der Waals surface area contributed by atoms with Crippen LogP contribution in [0.5, 0.6) is 0 Å². The smallest absolute Gasteiger partial charge is 0.242 e. The van der Waals surface area contributed by atoms with Crippen LogP contribution in [-0.2, 0) is 10.0 Å². The Bertz CT molecular complexity index is 575. The molecule has 0 amide bonds. The summed E-state index contributed by atoms with van der Waals surface area (Å²) in [5.41, 5.74) is 0.804. The minimum absolute atomic E-state index is 0.0422. The zero-order valence-corrected chi connectivity index (χ0v) is 13.8. The minimum atomic E-state index is -3.60. The van der Waals surface area contributed by atoms with Crippen molar-refractivity contribution >= 4 is 15.7 Å². The molecule has 0 aliphatic rings. The second-order valence-electron chi connectivity index (χ2n) is 5.92. The third-order valence-electron chi connectivity index (χ3n) is 2.98. The second-order valence-corrected chi connectivity index (χ2v) is 7.96. The van der Waals surface area contributed by atoms with Crippen molar-refractivity contribution in [2.24, 2.45) is 0 Å². The lowest BCUT2D eigenvalue weighted by molar-refractivity contribution is 0.0640. The molecule has 20 heavy (non-hydrogen) atoms. The predicted molar refractivity (Wildman–Crippen MR) is 81.6 cm³/mol. The lowest BCUT2D eigenvalue weighted by Crippen LogP contribution is -2.39. The Morgan fingerprint density at radius 1 is 1.20 bits per heavy atom. The van der Waals surface area contributed by atoms with Gasteiger partial charge in [0, 0.05) is 33.4 Å². The Kier molecular flexibility index (Phi) is 4.84. The van der Waals surface area contributed by atoms with Crippen molar-refractivity contribution in [2.45, 2.75) is 31.3 Å². The highest BCUT2D eigenvalue weighted by Crippen LogP contribution is 2.24. The van der Waals surface area contributed by atoms with Crippen molar-refractivity contribution < 1.29 is 13.5 Å². The number of rotatable bonds is 5. The molecule has 1 aromatic rings. The van der Waals surface area contributed by atoms with Crippen LogP contribution in [0.1, 0.15) is 19.4 Å². The van der Waals surface area contributed by atoms with Gasteiger partial charge in [0.1, 0.15) is 0 Å². The summed E-state index contributed by atoms with van der Waals surface area (Å²) < 4.78 is 26.2. The number of aliphatic hydroxyl groups is 1. The molecule has 1 N–H and O–H groups in total. The van der Waals surface area contributed by atoms with Gasteiger partial charge >= 0.3 is 0 Å². The molecule has 1 rings (SSSR count). The van der Waals surface area contributed by atoms with Crippen molar-refractivity contribution in [3.8, 4) is 0 Å². The maximum atomic E-state index is 12.5. The van der Waals surface area contributed by atoms with E-state index < -0.39 is 15.6 Å². The van der Waals surface area contributed by atoms with E-state index in [1.54, 1.807) is 32.0 Å². The maximum absolute atomic E-state index is 12.5. The monoisotopic (exact) mass is 300 g/mol. The Labute approximate surface area is 121 Å². The van der Waals surface area contributed by atoms with E-state index in [1.807, 2.05) is 25.9 Å². The molecule has 0 bridgehead atoms. The van der Waals surface area contributed by atoms with Gasteiger partial charge in [0.15, 0.2) is 0 Å². The number of likely N-dealkylation sites (N-methyl/N-ethyl adjacent to an activating group) is 1. The fourth-order valence-corrected chi connectivity index (χ4v) is 3.39. The first-order valence-corrected chi connectivity index (χ1v) is 7.86. The quantitative estimate of drug-likeness (QED) is 0.894. The molecule has 0 atom stereocenters. The number of benzene rings is 1. The standard InChI is InChI=1S/C14H24N2O3S/c1-11-7-8-12(9-13(11)15(4)5)20(18,19)16(6)10-14(2,3)17/h7-9,17H,10H2,1-6H3. The molecule has 0 spiro atoms. The third kappa shape index (κ3) is 3.94. The van der Waals surface area contributed by atoms with Gasteiger partial charge in [-0.15, -0.1) is 0 Å². The minimum Gasteiger partial charge on any atom is -0.389 e. The van der Waals surface area contributed by atoms with Crippen LogP contribution >= 0.6 is 0 Å². The highest BCUT2D eigenvalue weighted by Gasteiger charge is 2.26. The van der Waals surface area contributed by atoms with Crippen molar-refractivity contribution in [3.63, 3.8) is 0 Å². The maximum Gasteiger partial charge on any atom is 0.242 e. The summed E-state index contributed by atoms with van der Waals surface area (Å²) in [6, 6.07) is 5.05. The highest BCUT2D eigenvalue weighted by atomic mass is 32.2. The Morgan fingerprint density at radius 3 is 2.20 bits per heavy atom. The number of sulfonamides is 1. The van der Waals surface area contributed by atoms with E-state index in [4.69, 9.17) is 0 Å². The number of aryl methyl sites for hydroxylation is 1. The van der Waals surface area contributed by atoms with Gasteiger partial charge in [-0.1, -0.05) is 6.07 Å². The van der Waals surface area contributed by atoms with E-state index in [2.05, 4.69) is 0 Å². The van der Waals surface area contributed by atoms with Crippen LogP contribution in [0.2, 0.25) is 0 Å². The third-order valence-corrected chi connectivity index (χ3v) is 4.78. The molecule has 114 valence electrons. The normalized spacial score (nSPS) is 12.8. The fourth-order valence-electron chi connectivity index (χ4n) is 2.04. The summed E-state index contributed by atoms with van der Waals surface area (Å²) in [7, 11) is 1.62. The largest absolute Gasteiger partial charge is 0.389 e. The van der Waals surface area contributed by atoms with Gasteiger partial charge in [-0.05, 0) is 38.5 Å². The lowest BCUT2D eigenvalue weighted by atomic mass is 10.1. The van der Waals surface area contributed by atoms with Gasteiger partial charge in [0.05, 0.1) is 10.5 Å². The number of hydrogen-bond donors (Lipinski definition) is 1. The van der Waals surface area contributed by atoms with Crippen LogP contribution in [0.15, 0.2) is 23.1 Å². The molecule has 0 saturated carbocycles. The van der Waals surface area contributed by atoms with Crippen molar-refractivity contribution in [2.75, 3.05) is 32.6 Å². The van der Waals surface area contributed by atoms with E-state index in [0.29, 0.717) is 0 Å². The molecule has 0 saturated heterocycles. The van der Waals surface area contributed by atoms with Crippen molar-refractivity contribution in [1.82, 2.24) is 4.31 Å². The molecule has 1 aromatic carbocycles.